The smallest absolute Gasteiger partial charge is 0.269 e. The highest BCUT2D eigenvalue weighted by Gasteiger charge is 2.21. The third-order valence-electron chi connectivity index (χ3n) is 11.4. The van der Waals surface area contributed by atoms with Crippen LogP contribution in [-0.4, -0.2) is 14.1 Å². The Balaban J connectivity index is 1.07. The molecule has 0 saturated heterocycles. The maximum atomic E-state index is 9.03. The summed E-state index contributed by atoms with van der Waals surface area (Å²) in [4.78, 5) is 4.90. The van der Waals surface area contributed by atoms with Gasteiger partial charge in [-0.05, 0) is 99.0 Å². The van der Waals surface area contributed by atoms with Gasteiger partial charge in [-0.15, -0.1) is 0 Å². The number of pyridine rings is 1. The van der Waals surface area contributed by atoms with Crippen molar-refractivity contribution >= 4 is 32.8 Å². The largest absolute Gasteiger partial charge is 0.458 e. The van der Waals surface area contributed by atoms with Gasteiger partial charge in [0.05, 0.1) is 47.1 Å². The van der Waals surface area contributed by atoms with E-state index < -0.39 is 60.4 Å². The summed E-state index contributed by atoms with van der Waals surface area (Å²) in [5, 5.41) is 2.10. The molecule has 11 aromatic rings. The number of fused-ring (bicyclic) bond motifs is 4. The van der Waals surface area contributed by atoms with Crippen molar-refractivity contribution < 1.29 is 23.0 Å². The molecule has 11 rings (SSSR count). The third-order valence-corrected chi connectivity index (χ3v) is 11.4. The number of rotatable bonds is 8. The summed E-state index contributed by atoms with van der Waals surface area (Å²) in [6.45, 7) is 6.55. The van der Waals surface area contributed by atoms with Gasteiger partial charge in [0.15, 0.2) is 0 Å². The molecule has 0 unspecified atom stereocenters. The molecule has 3 aromatic heterocycles. The lowest BCUT2D eigenvalue weighted by molar-refractivity contribution is -0.571. The first-order valence-corrected chi connectivity index (χ1v) is 20.6. The van der Waals surface area contributed by atoms with Crippen LogP contribution in [0.4, 0.5) is 0 Å². The number of para-hydroxylation sites is 3. The van der Waals surface area contributed by atoms with Crippen LogP contribution in [0.15, 0.2) is 212 Å². The maximum absolute atomic E-state index is 9.03. The lowest BCUT2D eigenvalue weighted by Crippen LogP contribution is -2.31. The molecule has 0 aliphatic rings. The number of hydrogen-bond donors (Lipinski definition) is 0. The van der Waals surface area contributed by atoms with Crippen LogP contribution in [0.3, 0.4) is 0 Å². The number of benzene rings is 8. The van der Waals surface area contributed by atoms with Crippen molar-refractivity contribution in [3.05, 3.63) is 224 Å². The van der Waals surface area contributed by atoms with E-state index in [-0.39, 0.29) is 33.4 Å². The first-order chi connectivity index (χ1) is 35.0. The van der Waals surface area contributed by atoms with Gasteiger partial charge >= 0.3 is 0 Å². The molecule has 0 aliphatic carbocycles. The lowest BCUT2D eigenvalue weighted by Gasteiger charge is -2.20. The maximum Gasteiger partial charge on any atom is 0.269 e. The predicted octanol–water partition coefficient (Wildman–Crippen LogP) is 14.3. The van der Waals surface area contributed by atoms with Gasteiger partial charge in [0.25, 0.3) is 6.33 Å². The zero-order chi connectivity index (χ0) is 51.2. The first kappa shape index (κ1) is 28.5. The van der Waals surface area contributed by atoms with Gasteiger partial charge in [-0.2, -0.15) is 0 Å². The first-order valence-electron chi connectivity index (χ1n) is 25.6. The third kappa shape index (κ3) is 6.94. The molecule has 0 aliphatic heterocycles. The Morgan fingerprint density at radius 3 is 2.00 bits per heavy atom. The molecular formula is C58H44N4O. The number of ether oxygens (including phenoxy) is 1. The molecule has 0 amide bonds. The Bertz CT molecular complexity index is 3920. The molecule has 0 radical (unpaired) electrons. The van der Waals surface area contributed by atoms with Gasteiger partial charge in [-0.1, -0.05) is 166 Å². The van der Waals surface area contributed by atoms with Crippen molar-refractivity contribution in [1.29, 1.82) is 0 Å². The van der Waals surface area contributed by atoms with Crippen molar-refractivity contribution in [3.63, 3.8) is 0 Å². The second kappa shape index (κ2) is 15.5. The van der Waals surface area contributed by atoms with Gasteiger partial charge < -0.3 is 4.74 Å². The van der Waals surface area contributed by atoms with E-state index in [0.717, 1.165) is 44.3 Å². The van der Waals surface area contributed by atoms with E-state index in [9.17, 15) is 0 Å². The van der Waals surface area contributed by atoms with Gasteiger partial charge in [0, 0.05) is 23.0 Å². The Kier molecular flexibility index (Phi) is 7.00. The summed E-state index contributed by atoms with van der Waals surface area (Å²) < 4.78 is 99.5. The van der Waals surface area contributed by atoms with Crippen LogP contribution in [-0.2, 0) is 5.41 Å². The number of aromatic nitrogens is 4. The molecule has 5 nitrogen and oxygen atoms in total. The molecule has 0 bridgehead atoms. The van der Waals surface area contributed by atoms with E-state index >= 15 is 0 Å². The zero-order valence-corrected chi connectivity index (χ0v) is 34.6. The topological polar surface area (TPSA) is 35.9 Å². The highest BCUT2D eigenvalue weighted by Crippen LogP contribution is 2.39. The van der Waals surface area contributed by atoms with Crippen molar-refractivity contribution in [2.45, 2.75) is 26.2 Å². The van der Waals surface area contributed by atoms with Crippen LogP contribution in [0.1, 0.15) is 40.0 Å². The van der Waals surface area contributed by atoms with E-state index in [2.05, 4.69) is 80.2 Å². The minimum Gasteiger partial charge on any atom is -0.458 e. The minimum absolute atomic E-state index is 0.113. The molecule has 0 N–H and O–H groups in total. The van der Waals surface area contributed by atoms with Crippen LogP contribution in [0.5, 0.6) is 11.5 Å². The number of imidazole rings is 1. The van der Waals surface area contributed by atoms with Crippen LogP contribution < -0.4 is 9.30 Å². The second-order valence-corrected chi connectivity index (χ2v) is 16.3. The average molecular weight is 823 g/mol. The Labute approximate surface area is 381 Å². The van der Waals surface area contributed by atoms with Crippen molar-refractivity contribution in [2.24, 2.45) is 0 Å². The summed E-state index contributed by atoms with van der Waals surface area (Å²) in [6.07, 6.45) is 5.31. The molecular weight excluding hydrogens is 769 g/mol. The summed E-state index contributed by atoms with van der Waals surface area (Å²) in [6, 6.07) is 41.5. The molecule has 0 saturated carbocycles. The Morgan fingerprint density at radius 1 is 0.556 bits per heavy atom. The summed E-state index contributed by atoms with van der Waals surface area (Å²) in [7, 11) is 0. The van der Waals surface area contributed by atoms with Gasteiger partial charge in [0.2, 0.25) is 0 Å². The fourth-order valence-electron chi connectivity index (χ4n) is 8.33. The molecule has 302 valence electrons. The number of hydrogen-bond acceptors (Lipinski definition) is 2. The van der Waals surface area contributed by atoms with Crippen molar-refractivity contribution in [3.8, 4) is 62.1 Å². The van der Waals surface area contributed by atoms with E-state index in [1.165, 1.54) is 0 Å². The predicted molar refractivity (Wildman–Crippen MR) is 257 cm³/mol. The van der Waals surface area contributed by atoms with E-state index in [1.54, 1.807) is 27.3 Å². The zero-order valence-electron chi connectivity index (χ0n) is 44.6. The highest BCUT2D eigenvalue weighted by molar-refractivity contribution is 6.10. The van der Waals surface area contributed by atoms with Gasteiger partial charge in [-0.25, -0.2) is 4.98 Å². The Morgan fingerprint density at radius 2 is 1.25 bits per heavy atom. The van der Waals surface area contributed by atoms with E-state index in [4.69, 9.17) is 23.4 Å². The quantitative estimate of drug-likeness (QED) is 0.113. The molecule has 0 atom stereocenters. The minimum atomic E-state index is -0.567. The van der Waals surface area contributed by atoms with Crippen LogP contribution in [0.25, 0.3) is 83.4 Å². The molecule has 63 heavy (non-hydrogen) atoms. The van der Waals surface area contributed by atoms with E-state index in [1.807, 2.05) is 85.1 Å². The van der Waals surface area contributed by atoms with Gasteiger partial charge in [0.1, 0.15) is 17.3 Å². The van der Waals surface area contributed by atoms with Crippen molar-refractivity contribution in [2.75, 3.05) is 0 Å². The highest BCUT2D eigenvalue weighted by atomic mass is 16.5. The summed E-state index contributed by atoms with van der Waals surface area (Å²) in [5.41, 5.74) is 7.23. The SMILES string of the molecule is [2H]c1c([2H])c([2H])c(-c2cccc(-c3c([2H])c([2H])c([2H])c([2H])c3[2H])c2-[n+]2[c-]n(-c3cccc(Oc4ccc5c6cc(-c7ccccc7)ccc6n(-c6cc(C(C)(C)C)ccn6)c5c4)c3)c3ccccc32)c([2H])c1[2H]. The van der Waals surface area contributed by atoms with Crippen LogP contribution >= 0.6 is 0 Å². The fraction of sp³-hybridized carbons (Fsp3) is 0.0690. The van der Waals surface area contributed by atoms with Crippen LogP contribution in [0.2, 0.25) is 0 Å². The summed E-state index contributed by atoms with van der Waals surface area (Å²) >= 11 is 0. The lowest BCUT2D eigenvalue weighted by atomic mass is 9.88. The molecule has 5 heteroatoms. The summed E-state index contributed by atoms with van der Waals surface area (Å²) in [5.74, 6) is 1.87. The number of nitrogens with zero attached hydrogens (tertiary/aromatic N) is 4. The Hall–Kier alpha value is -8.02. The average Bonchev–Trinajstić information content (AvgIpc) is 3.94. The van der Waals surface area contributed by atoms with Crippen LogP contribution in [0, 0.1) is 6.33 Å². The molecule has 3 heterocycles. The van der Waals surface area contributed by atoms with E-state index in [0.29, 0.717) is 28.2 Å². The molecule has 0 spiro atoms. The fourth-order valence-corrected chi connectivity index (χ4v) is 8.33. The second-order valence-electron chi connectivity index (χ2n) is 16.3. The monoisotopic (exact) mass is 822 g/mol. The standard InChI is InChI=1S/C58H44N4O/c1-58(2,3)44-33-34-59-56(36-44)62-52-32-29-43(40-17-7-4-8-18-40)35-51(52)50-31-30-47(38-55(50)62)63-46-24-15-23-45(37-46)60-39-61(54-28-14-13-27-53(54)60)57-48(41-19-9-5-10-20-41)25-16-26-49(57)42-21-11-6-12-22-42/h4-38H,1-3H3/i5D,6D,9D,10D,11D,12D,19D,20D,21D,22D. The van der Waals surface area contributed by atoms with Gasteiger partial charge in [-0.3, -0.25) is 13.7 Å². The normalized spacial score (nSPS) is 14.0. The molecule has 0 fully saturated rings. The van der Waals surface area contributed by atoms with Crippen molar-refractivity contribution in [1.82, 2.24) is 14.1 Å². The molecule has 8 aromatic carbocycles.